The normalized spacial score (nSPS) is 41.9. The Morgan fingerprint density at radius 3 is 2.61 bits per heavy atom. The molecular weight excluding hydrogens is 300 g/mol. The van der Waals surface area contributed by atoms with Gasteiger partial charge in [-0.1, -0.05) is 58.0 Å². The van der Waals surface area contributed by atoms with E-state index in [0.717, 1.165) is 11.8 Å². The summed E-state index contributed by atoms with van der Waals surface area (Å²) in [6, 6.07) is 11.0. The number of rotatable bonds is 4. The fourth-order valence-corrected chi connectivity index (χ4v) is 7.22. The largest absolute Gasteiger partial charge is 0.363 e. The molecule has 1 heterocycles. The van der Waals surface area contributed by atoms with Gasteiger partial charge in [-0.3, -0.25) is 0 Å². The van der Waals surface area contributed by atoms with Crippen LogP contribution in [0.1, 0.15) is 64.2 Å². The number of hydrogen-bond donors (Lipinski definition) is 0. The second kappa shape index (κ2) is 5.52. The average molecular weight is 331 g/mol. The maximum Gasteiger partial charge on any atom is 0.104 e. The van der Waals surface area contributed by atoms with Gasteiger partial charge in [-0.05, 0) is 53.9 Å². The maximum absolute atomic E-state index is 6.67. The summed E-state index contributed by atoms with van der Waals surface area (Å²) in [5, 5.41) is 0.568. The molecule has 0 amide bonds. The molecule has 3 fully saturated rings. The second-order valence-electron chi connectivity index (χ2n) is 8.61. The summed E-state index contributed by atoms with van der Waals surface area (Å²) in [6.07, 6.45) is 5.72. The minimum absolute atomic E-state index is 0.395. The first-order chi connectivity index (χ1) is 11.0. The summed E-state index contributed by atoms with van der Waals surface area (Å²) in [5.41, 5.74) is 2.70. The van der Waals surface area contributed by atoms with Crippen molar-refractivity contribution in [1.29, 1.82) is 0 Å². The molecule has 1 aromatic carbocycles. The van der Waals surface area contributed by atoms with Crippen molar-refractivity contribution in [3.8, 4) is 0 Å². The van der Waals surface area contributed by atoms with Crippen molar-refractivity contribution in [2.45, 2.75) is 70.2 Å². The third-order valence-electron chi connectivity index (χ3n) is 7.53. The highest BCUT2D eigenvalue weighted by molar-refractivity contribution is 8.00. The Labute approximate surface area is 145 Å². The maximum atomic E-state index is 6.67. The van der Waals surface area contributed by atoms with Gasteiger partial charge in [0.15, 0.2) is 0 Å². The van der Waals surface area contributed by atoms with Crippen LogP contribution in [0.4, 0.5) is 0 Å². The Kier molecular flexibility index (Phi) is 3.85. The molecule has 2 saturated carbocycles. The molecule has 2 bridgehead atoms. The van der Waals surface area contributed by atoms with E-state index in [1.807, 2.05) is 0 Å². The number of fused-ring (bicyclic) bond motifs is 5. The predicted octanol–water partition coefficient (Wildman–Crippen LogP) is 6.06. The van der Waals surface area contributed by atoms with Crippen LogP contribution in [0.5, 0.6) is 0 Å². The van der Waals surface area contributed by atoms with Crippen molar-refractivity contribution < 1.29 is 4.74 Å². The Morgan fingerprint density at radius 1 is 1.22 bits per heavy atom. The zero-order valence-electron chi connectivity index (χ0n) is 14.9. The second-order valence-corrected chi connectivity index (χ2v) is 9.98. The van der Waals surface area contributed by atoms with Crippen LogP contribution in [-0.2, 0) is 4.74 Å². The number of benzene rings is 1. The van der Waals surface area contributed by atoms with Gasteiger partial charge in [0.05, 0.1) is 6.10 Å². The lowest BCUT2D eigenvalue weighted by Crippen LogP contribution is -2.37. The molecule has 0 spiro atoms. The van der Waals surface area contributed by atoms with Crippen molar-refractivity contribution in [3.05, 3.63) is 35.9 Å². The molecule has 1 aliphatic heterocycles. The van der Waals surface area contributed by atoms with E-state index in [2.05, 4.69) is 69.8 Å². The molecule has 1 aromatic rings. The highest BCUT2D eigenvalue weighted by atomic mass is 32.2. The van der Waals surface area contributed by atoms with Gasteiger partial charge in [-0.15, -0.1) is 11.8 Å². The lowest BCUT2D eigenvalue weighted by atomic mass is 9.70. The van der Waals surface area contributed by atoms with Crippen LogP contribution < -0.4 is 0 Å². The van der Waals surface area contributed by atoms with E-state index in [1.54, 1.807) is 0 Å². The van der Waals surface area contributed by atoms with Crippen LogP contribution >= 0.6 is 11.8 Å². The van der Waals surface area contributed by atoms with Crippen LogP contribution in [0, 0.1) is 22.7 Å². The van der Waals surface area contributed by atoms with Gasteiger partial charge in [0.2, 0.25) is 0 Å². The van der Waals surface area contributed by atoms with Gasteiger partial charge in [-0.2, -0.15) is 0 Å². The van der Waals surface area contributed by atoms with E-state index in [0.29, 0.717) is 27.6 Å². The first-order valence-corrected chi connectivity index (χ1v) is 10.3. The number of ether oxygens (including phenoxy) is 1. The third-order valence-corrected chi connectivity index (χ3v) is 9.07. The van der Waals surface area contributed by atoms with Crippen molar-refractivity contribution in [2.75, 3.05) is 0 Å². The lowest BCUT2D eigenvalue weighted by Gasteiger charge is -2.39. The standard InChI is InChI=1S/C21H30OS/c1-5-17(14-9-7-6-8-10-14)23-18-13-15-16-11-12-21(4,19(15)22-18)20(16,2)3/h6-10,15-19H,5,11-13H2,1-4H3/t15-,16-,17+,18+,19-,21+/m1/s1. The molecular formula is C21H30OS. The quantitative estimate of drug-likeness (QED) is 0.664. The molecule has 23 heavy (non-hydrogen) atoms. The zero-order chi connectivity index (χ0) is 16.2. The van der Waals surface area contributed by atoms with Crippen LogP contribution in [0.2, 0.25) is 0 Å². The Bertz CT molecular complexity index is 568. The lowest BCUT2D eigenvalue weighted by molar-refractivity contribution is -0.0319. The molecule has 6 atom stereocenters. The highest BCUT2D eigenvalue weighted by Crippen LogP contribution is 2.71. The monoisotopic (exact) mass is 330 g/mol. The highest BCUT2D eigenvalue weighted by Gasteiger charge is 2.68. The summed E-state index contributed by atoms with van der Waals surface area (Å²) in [4.78, 5) is 0. The Morgan fingerprint density at radius 2 is 1.96 bits per heavy atom. The first-order valence-electron chi connectivity index (χ1n) is 9.33. The minimum atomic E-state index is 0.395. The number of thioether (sulfide) groups is 1. The van der Waals surface area contributed by atoms with E-state index in [-0.39, 0.29) is 0 Å². The molecule has 0 N–H and O–H groups in total. The van der Waals surface area contributed by atoms with E-state index < -0.39 is 0 Å². The SMILES string of the molecule is CC[C@H](S[C@H]1C[C@@H]2[C@H]3CC[C@@](C)([C@@H]2O1)C3(C)C)c1ccccc1. The fourth-order valence-electron chi connectivity index (χ4n) is 5.83. The molecule has 0 radical (unpaired) electrons. The topological polar surface area (TPSA) is 9.23 Å². The molecule has 3 aliphatic rings. The minimum Gasteiger partial charge on any atom is -0.363 e. The van der Waals surface area contributed by atoms with Crippen molar-refractivity contribution in [2.24, 2.45) is 22.7 Å². The van der Waals surface area contributed by atoms with Gasteiger partial charge in [-0.25, -0.2) is 0 Å². The molecule has 2 heteroatoms. The molecule has 1 saturated heterocycles. The van der Waals surface area contributed by atoms with Crippen LogP contribution in [0.3, 0.4) is 0 Å². The molecule has 1 nitrogen and oxygen atoms in total. The Hall–Kier alpha value is -0.470. The van der Waals surface area contributed by atoms with Gasteiger partial charge in [0.25, 0.3) is 0 Å². The van der Waals surface area contributed by atoms with Crippen molar-refractivity contribution in [3.63, 3.8) is 0 Å². The zero-order valence-corrected chi connectivity index (χ0v) is 15.7. The summed E-state index contributed by atoms with van der Waals surface area (Å²) in [6.45, 7) is 9.79. The van der Waals surface area contributed by atoms with Crippen LogP contribution in [0.25, 0.3) is 0 Å². The van der Waals surface area contributed by atoms with Crippen molar-refractivity contribution in [1.82, 2.24) is 0 Å². The fraction of sp³-hybridized carbons (Fsp3) is 0.714. The summed E-state index contributed by atoms with van der Waals surface area (Å²) in [5.74, 6) is 1.68. The van der Waals surface area contributed by atoms with Gasteiger partial charge >= 0.3 is 0 Å². The van der Waals surface area contributed by atoms with E-state index in [4.69, 9.17) is 4.74 Å². The van der Waals surface area contributed by atoms with Gasteiger partial charge < -0.3 is 4.74 Å². The van der Waals surface area contributed by atoms with E-state index >= 15 is 0 Å². The molecule has 4 rings (SSSR count). The smallest absolute Gasteiger partial charge is 0.104 e. The van der Waals surface area contributed by atoms with Crippen LogP contribution in [0.15, 0.2) is 30.3 Å². The molecule has 0 aromatic heterocycles. The predicted molar refractivity (Wildman–Crippen MR) is 98.4 cm³/mol. The summed E-state index contributed by atoms with van der Waals surface area (Å²) >= 11 is 2.07. The molecule has 2 aliphatic carbocycles. The van der Waals surface area contributed by atoms with E-state index in [1.165, 1.54) is 31.2 Å². The molecule has 0 unspecified atom stereocenters. The van der Waals surface area contributed by atoms with Gasteiger partial charge in [0.1, 0.15) is 5.44 Å². The summed E-state index contributed by atoms with van der Waals surface area (Å²) < 4.78 is 6.67. The van der Waals surface area contributed by atoms with Gasteiger partial charge in [0, 0.05) is 5.25 Å². The number of hydrogen-bond acceptors (Lipinski definition) is 2. The Balaban J connectivity index is 1.48. The average Bonchev–Trinajstić information content (AvgIpc) is 3.11. The third kappa shape index (κ3) is 2.24. The first kappa shape index (κ1) is 16.0. The van der Waals surface area contributed by atoms with Crippen molar-refractivity contribution >= 4 is 11.8 Å². The summed E-state index contributed by atoms with van der Waals surface area (Å²) in [7, 11) is 0. The molecule has 126 valence electrons. The van der Waals surface area contributed by atoms with Crippen LogP contribution in [-0.4, -0.2) is 11.5 Å². The van der Waals surface area contributed by atoms with E-state index in [9.17, 15) is 0 Å².